The van der Waals surface area contributed by atoms with E-state index in [1.165, 1.54) is 0 Å². The molecular weight excluding hydrogens is 386 g/mol. The maximum atomic E-state index is 12.7. The molecule has 0 radical (unpaired) electrons. The van der Waals surface area contributed by atoms with E-state index in [-0.39, 0.29) is 11.8 Å². The molecule has 1 aliphatic rings. The number of amides is 2. The van der Waals surface area contributed by atoms with Crippen LogP contribution in [0.5, 0.6) is 0 Å². The van der Waals surface area contributed by atoms with Crippen LogP contribution in [0, 0.1) is 0 Å². The molecule has 6 heteroatoms. The van der Waals surface area contributed by atoms with E-state index < -0.39 is 6.04 Å². The van der Waals surface area contributed by atoms with Crippen molar-refractivity contribution in [3.05, 3.63) is 76.3 Å². The number of halogens is 1. The first-order valence-corrected chi connectivity index (χ1v) is 9.92. The van der Waals surface area contributed by atoms with Crippen LogP contribution in [0.1, 0.15) is 24.5 Å². The van der Waals surface area contributed by atoms with Crippen molar-refractivity contribution in [2.75, 3.05) is 12.4 Å². The summed E-state index contributed by atoms with van der Waals surface area (Å²) in [5, 5.41) is 6.27. The molecule has 2 amide bonds. The van der Waals surface area contributed by atoms with Crippen LogP contribution in [-0.4, -0.2) is 30.6 Å². The number of anilines is 1. The summed E-state index contributed by atoms with van der Waals surface area (Å²) in [5.74, 6) is -0.510. The summed E-state index contributed by atoms with van der Waals surface area (Å²) in [6.07, 6.45) is 3.61. The van der Waals surface area contributed by atoms with Crippen LogP contribution >= 0.6 is 11.6 Å². The number of hydrogen-bond donors (Lipinski definition) is 2. The van der Waals surface area contributed by atoms with Crippen molar-refractivity contribution in [3.8, 4) is 0 Å². The average Bonchev–Trinajstić information content (AvgIpc) is 2.86. The summed E-state index contributed by atoms with van der Waals surface area (Å²) in [5.41, 5.74) is 4.15. The van der Waals surface area contributed by atoms with Crippen LogP contribution in [0.3, 0.4) is 0 Å². The zero-order valence-electron chi connectivity index (χ0n) is 16.5. The van der Waals surface area contributed by atoms with Gasteiger partial charge in [-0.25, -0.2) is 0 Å². The summed E-state index contributed by atoms with van der Waals surface area (Å²) in [6.45, 7) is 1.73. The van der Waals surface area contributed by atoms with Crippen molar-refractivity contribution in [1.29, 1.82) is 0 Å². The number of carbonyl (C=O) groups excluding carboxylic acids is 2. The first kappa shape index (κ1) is 20.8. The Balaban J connectivity index is 1.66. The average molecular weight is 410 g/mol. The van der Waals surface area contributed by atoms with Crippen molar-refractivity contribution >= 4 is 34.8 Å². The lowest BCUT2D eigenvalue weighted by Crippen LogP contribution is -2.43. The minimum Gasteiger partial charge on any atom is -0.341 e. The fraction of sp³-hybridized carbons (Fsp3) is 0.261. The van der Waals surface area contributed by atoms with Gasteiger partial charge in [-0.2, -0.15) is 0 Å². The van der Waals surface area contributed by atoms with Crippen LogP contribution in [0.2, 0.25) is 5.02 Å². The van der Waals surface area contributed by atoms with Gasteiger partial charge in [-0.15, -0.1) is 0 Å². The van der Waals surface area contributed by atoms with Gasteiger partial charge in [0.05, 0.1) is 0 Å². The standard InChI is InChI=1S/C23H24ClN3O2/c1-15(12-19(25-2)13-16-6-4-3-5-7-16)22(28)26-20-11-9-17-8-10-18(24)14-21(17)27-23(20)29/h3-8,10,12,14,20H,9,11,13H2,1-2H3,(H,26,28)(H,27,29)/b15-12+,25-19+/t20-/m0/s1. The van der Waals surface area contributed by atoms with Crippen molar-refractivity contribution < 1.29 is 9.59 Å². The second-order valence-electron chi connectivity index (χ2n) is 7.06. The number of aliphatic imine (C=N–C) groups is 1. The normalized spacial score (nSPS) is 17.2. The van der Waals surface area contributed by atoms with Gasteiger partial charge < -0.3 is 10.6 Å². The van der Waals surface area contributed by atoms with Gasteiger partial charge in [0.2, 0.25) is 11.8 Å². The first-order valence-electron chi connectivity index (χ1n) is 9.54. The Hall–Kier alpha value is -2.92. The number of hydrogen-bond acceptors (Lipinski definition) is 3. The summed E-state index contributed by atoms with van der Waals surface area (Å²) in [4.78, 5) is 29.5. The zero-order valence-corrected chi connectivity index (χ0v) is 17.3. The lowest BCUT2D eigenvalue weighted by atomic mass is 10.0. The van der Waals surface area contributed by atoms with E-state index in [1.807, 2.05) is 36.4 Å². The molecular formula is C23H24ClN3O2. The minimum atomic E-state index is -0.604. The number of nitrogens with zero attached hydrogens (tertiary/aromatic N) is 1. The van der Waals surface area contributed by atoms with Crippen molar-refractivity contribution in [2.24, 2.45) is 4.99 Å². The largest absolute Gasteiger partial charge is 0.341 e. The Morgan fingerprint density at radius 2 is 2.03 bits per heavy atom. The summed E-state index contributed by atoms with van der Waals surface area (Å²) in [6, 6.07) is 14.8. The number of carbonyl (C=O) groups is 2. The second kappa shape index (κ2) is 9.52. The smallest absolute Gasteiger partial charge is 0.247 e. The summed E-state index contributed by atoms with van der Waals surface area (Å²) in [7, 11) is 1.71. The van der Waals surface area contributed by atoms with Gasteiger partial charge in [0, 0.05) is 35.5 Å². The number of fused-ring (bicyclic) bond motifs is 1. The third-order valence-electron chi connectivity index (χ3n) is 4.91. The zero-order chi connectivity index (χ0) is 20.8. The molecule has 2 aromatic rings. The summed E-state index contributed by atoms with van der Waals surface area (Å²) >= 11 is 6.02. The first-order chi connectivity index (χ1) is 14.0. The maximum Gasteiger partial charge on any atom is 0.247 e. The van der Waals surface area contributed by atoms with Crippen molar-refractivity contribution in [2.45, 2.75) is 32.2 Å². The van der Waals surface area contributed by atoms with Crippen molar-refractivity contribution in [1.82, 2.24) is 5.32 Å². The van der Waals surface area contributed by atoms with Gasteiger partial charge >= 0.3 is 0 Å². The van der Waals surface area contributed by atoms with E-state index in [1.54, 1.807) is 32.2 Å². The molecule has 0 saturated heterocycles. The Kier molecular flexibility index (Phi) is 6.83. The fourth-order valence-electron chi connectivity index (χ4n) is 3.26. The molecule has 0 bridgehead atoms. The van der Waals surface area contributed by atoms with Crippen LogP contribution < -0.4 is 10.6 Å². The molecule has 29 heavy (non-hydrogen) atoms. The Bertz CT molecular complexity index is 967. The SMILES string of the molecule is C/N=C(\C=C(/C)C(=O)N[C@H]1CCc2ccc(Cl)cc2NC1=O)Cc1ccccc1. The minimum absolute atomic E-state index is 0.235. The predicted octanol–water partition coefficient (Wildman–Crippen LogP) is 3.97. The molecule has 0 aromatic heterocycles. The van der Waals surface area contributed by atoms with Gasteiger partial charge in [0.15, 0.2) is 0 Å². The molecule has 1 atom stereocenters. The second-order valence-corrected chi connectivity index (χ2v) is 7.50. The summed E-state index contributed by atoms with van der Waals surface area (Å²) < 4.78 is 0. The van der Waals surface area contributed by atoms with Gasteiger partial charge in [-0.3, -0.25) is 14.6 Å². The molecule has 1 heterocycles. The van der Waals surface area contributed by atoms with Crippen LogP contribution in [-0.2, 0) is 22.4 Å². The van der Waals surface area contributed by atoms with E-state index in [0.29, 0.717) is 35.5 Å². The molecule has 2 N–H and O–H groups in total. The Morgan fingerprint density at radius 1 is 1.28 bits per heavy atom. The Morgan fingerprint density at radius 3 is 2.76 bits per heavy atom. The number of rotatable bonds is 5. The van der Waals surface area contributed by atoms with Gasteiger partial charge in [-0.1, -0.05) is 48.0 Å². The van der Waals surface area contributed by atoms with Crippen molar-refractivity contribution in [3.63, 3.8) is 0 Å². The highest BCUT2D eigenvalue weighted by molar-refractivity contribution is 6.31. The molecule has 5 nitrogen and oxygen atoms in total. The van der Waals surface area contributed by atoms with Crippen LogP contribution in [0.25, 0.3) is 0 Å². The number of benzene rings is 2. The lowest BCUT2D eigenvalue weighted by Gasteiger charge is -2.15. The van der Waals surface area contributed by atoms with Gasteiger partial charge in [0.25, 0.3) is 0 Å². The molecule has 150 valence electrons. The highest BCUT2D eigenvalue weighted by atomic mass is 35.5. The maximum absolute atomic E-state index is 12.7. The Labute approximate surface area is 175 Å². The van der Waals surface area contributed by atoms with E-state index in [9.17, 15) is 9.59 Å². The molecule has 0 spiro atoms. The molecule has 0 fully saturated rings. The predicted molar refractivity (Wildman–Crippen MR) is 118 cm³/mol. The van der Waals surface area contributed by atoms with E-state index >= 15 is 0 Å². The number of nitrogens with one attached hydrogen (secondary N) is 2. The topological polar surface area (TPSA) is 70.6 Å². The third kappa shape index (κ3) is 5.55. The number of aryl methyl sites for hydroxylation is 1. The van der Waals surface area contributed by atoms with E-state index in [0.717, 1.165) is 16.8 Å². The highest BCUT2D eigenvalue weighted by Crippen LogP contribution is 2.25. The molecule has 1 aliphatic heterocycles. The quantitative estimate of drug-likeness (QED) is 0.579. The molecule has 3 rings (SSSR count). The third-order valence-corrected chi connectivity index (χ3v) is 5.15. The molecule has 0 unspecified atom stereocenters. The monoisotopic (exact) mass is 409 g/mol. The van der Waals surface area contributed by atoms with Crippen LogP contribution in [0.15, 0.2) is 65.2 Å². The molecule has 0 aliphatic carbocycles. The fourth-order valence-corrected chi connectivity index (χ4v) is 3.43. The van der Waals surface area contributed by atoms with Gasteiger partial charge in [-0.05, 0) is 49.1 Å². The van der Waals surface area contributed by atoms with Crippen LogP contribution in [0.4, 0.5) is 5.69 Å². The van der Waals surface area contributed by atoms with Gasteiger partial charge in [0.1, 0.15) is 6.04 Å². The number of allylic oxidation sites excluding steroid dienone is 1. The highest BCUT2D eigenvalue weighted by Gasteiger charge is 2.25. The lowest BCUT2D eigenvalue weighted by molar-refractivity contribution is -0.124. The molecule has 2 aromatic carbocycles. The molecule has 0 saturated carbocycles. The van der Waals surface area contributed by atoms with E-state index in [4.69, 9.17) is 11.6 Å². The van der Waals surface area contributed by atoms with E-state index in [2.05, 4.69) is 15.6 Å².